The third-order valence-electron chi connectivity index (χ3n) is 5.32. The number of nitrogens with one attached hydrogen (secondary N) is 1. The lowest BCUT2D eigenvalue weighted by Crippen LogP contribution is -2.63. The molecule has 2 fully saturated rings. The first kappa shape index (κ1) is 21.5. The summed E-state index contributed by atoms with van der Waals surface area (Å²) in [5.74, 6) is -1.38. The number of hydrogen-bond donors (Lipinski definition) is 5. The van der Waals surface area contributed by atoms with E-state index in [-0.39, 0.29) is 0 Å². The fourth-order valence-corrected chi connectivity index (χ4v) is 3.59. The number of aliphatic carboxylic acids is 1. The lowest BCUT2D eigenvalue weighted by molar-refractivity contribution is -0.425. The number of carboxylic acids is 1. The number of carboxylic acid groups (broad SMARTS) is 1. The van der Waals surface area contributed by atoms with E-state index in [2.05, 4.69) is 10.7 Å². The van der Waals surface area contributed by atoms with Crippen LogP contribution in [0.3, 0.4) is 0 Å². The van der Waals surface area contributed by atoms with Crippen molar-refractivity contribution in [2.75, 3.05) is 0 Å². The summed E-state index contributed by atoms with van der Waals surface area (Å²) >= 11 is 0. The summed E-state index contributed by atoms with van der Waals surface area (Å²) < 4.78 is 10.5. The third-order valence-corrected chi connectivity index (χ3v) is 5.32. The van der Waals surface area contributed by atoms with Crippen LogP contribution in [0, 0.1) is 0 Å². The SMILES string of the molecule is O=C([O-])[C@H]1O[C@@H](Oc2c[nH]c3ccccc23)[C@H](O)[C@@H](O)[C@@H]1O.[NH3+]C1CCCCC1. The van der Waals surface area contributed by atoms with Gasteiger partial charge in [0, 0.05) is 17.1 Å². The molecular formula is C20H28N2O7. The van der Waals surface area contributed by atoms with Gasteiger partial charge in [-0.25, -0.2) is 0 Å². The maximum Gasteiger partial charge on any atom is 0.229 e. The summed E-state index contributed by atoms with van der Waals surface area (Å²) in [5, 5.41) is 40.8. The van der Waals surface area contributed by atoms with Gasteiger partial charge in [-0.1, -0.05) is 18.6 Å². The molecule has 0 unspecified atom stereocenters. The van der Waals surface area contributed by atoms with Gasteiger partial charge in [0.2, 0.25) is 6.29 Å². The Labute approximate surface area is 168 Å². The van der Waals surface area contributed by atoms with Crippen LogP contribution in [0.1, 0.15) is 32.1 Å². The lowest BCUT2D eigenvalue weighted by atomic mass is 9.97. The minimum atomic E-state index is -1.80. The number of carbonyl (C=O) groups is 1. The van der Waals surface area contributed by atoms with E-state index < -0.39 is 36.7 Å². The van der Waals surface area contributed by atoms with E-state index in [1.807, 2.05) is 12.1 Å². The maximum atomic E-state index is 10.9. The van der Waals surface area contributed by atoms with Gasteiger partial charge in [0.1, 0.15) is 30.2 Å². The zero-order valence-electron chi connectivity index (χ0n) is 16.1. The number of benzene rings is 1. The molecular weight excluding hydrogens is 380 g/mol. The number of carbonyl (C=O) groups excluding carboxylic acids is 1. The highest BCUT2D eigenvalue weighted by atomic mass is 16.7. The molecule has 0 amide bonds. The Morgan fingerprint density at radius 2 is 1.79 bits per heavy atom. The normalized spacial score (nSPS) is 30.4. The van der Waals surface area contributed by atoms with Gasteiger partial charge < -0.3 is 45.4 Å². The van der Waals surface area contributed by atoms with Gasteiger partial charge in [-0.2, -0.15) is 0 Å². The van der Waals surface area contributed by atoms with Gasteiger partial charge in [0.25, 0.3) is 0 Å². The van der Waals surface area contributed by atoms with Crippen LogP contribution in [0.25, 0.3) is 10.9 Å². The van der Waals surface area contributed by atoms with Gasteiger partial charge in [0.05, 0.1) is 12.0 Å². The molecule has 0 spiro atoms. The molecule has 160 valence electrons. The quantitative estimate of drug-likeness (QED) is 0.420. The summed E-state index contributed by atoms with van der Waals surface area (Å²) in [7, 11) is 0. The molecule has 0 bridgehead atoms. The Morgan fingerprint density at radius 3 is 2.41 bits per heavy atom. The first-order valence-corrected chi connectivity index (χ1v) is 9.85. The van der Waals surface area contributed by atoms with Crippen LogP contribution in [0.5, 0.6) is 5.75 Å². The predicted molar refractivity (Wildman–Crippen MR) is 100 cm³/mol. The van der Waals surface area contributed by atoms with Gasteiger partial charge >= 0.3 is 0 Å². The number of fused-ring (bicyclic) bond motifs is 1. The third kappa shape index (κ3) is 5.06. The van der Waals surface area contributed by atoms with Crippen molar-refractivity contribution in [1.29, 1.82) is 0 Å². The van der Waals surface area contributed by atoms with E-state index in [9.17, 15) is 25.2 Å². The summed E-state index contributed by atoms with van der Waals surface area (Å²) in [6.07, 6.45) is 0.170. The largest absolute Gasteiger partial charge is 0.547 e. The summed E-state index contributed by atoms with van der Waals surface area (Å²) in [6, 6.07) is 7.96. The van der Waals surface area contributed by atoms with Crippen LogP contribution >= 0.6 is 0 Å². The average molecular weight is 408 g/mol. The molecule has 9 nitrogen and oxygen atoms in total. The fraction of sp³-hybridized carbons (Fsp3) is 0.550. The Balaban J connectivity index is 0.000000290. The van der Waals surface area contributed by atoms with Crippen molar-refractivity contribution in [3.05, 3.63) is 30.5 Å². The number of quaternary nitrogens is 1. The summed E-state index contributed by atoms with van der Waals surface area (Å²) in [5.41, 5.74) is 4.78. The predicted octanol–water partition coefficient (Wildman–Crippen LogP) is -1.33. The molecule has 2 heterocycles. The molecule has 2 aliphatic rings. The maximum absolute atomic E-state index is 10.9. The van der Waals surface area contributed by atoms with E-state index in [1.54, 1.807) is 12.1 Å². The van der Waals surface area contributed by atoms with Gasteiger partial charge in [-0.3, -0.25) is 0 Å². The molecule has 0 radical (unpaired) electrons. The monoisotopic (exact) mass is 408 g/mol. The molecule has 1 aromatic carbocycles. The summed E-state index contributed by atoms with van der Waals surface area (Å²) in [6.45, 7) is 0. The molecule has 4 rings (SSSR count). The van der Waals surface area contributed by atoms with Gasteiger partial charge in [-0.15, -0.1) is 0 Å². The number of aliphatic hydroxyl groups excluding tert-OH is 3. The molecule has 7 N–H and O–H groups in total. The second-order valence-electron chi connectivity index (χ2n) is 7.54. The van der Waals surface area contributed by atoms with E-state index in [1.165, 1.54) is 38.3 Å². The fourth-order valence-electron chi connectivity index (χ4n) is 3.59. The van der Waals surface area contributed by atoms with E-state index >= 15 is 0 Å². The van der Waals surface area contributed by atoms with Crippen LogP contribution in [0.2, 0.25) is 0 Å². The average Bonchev–Trinajstić information content (AvgIpc) is 3.12. The molecule has 1 aromatic heterocycles. The smallest absolute Gasteiger partial charge is 0.229 e. The molecule has 2 aromatic rings. The standard InChI is InChI=1S/C14H15NO7.C6H13N/c16-9-10(17)12(13(19)20)22-14(11(9)18)21-8-5-15-7-4-2-1-3-6(7)8;7-6-4-2-1-3-5-6/h1-5,9-12,14-18H,(H,19,20);6H,1-5,7H2/t9-,10-,11+,12-,14+;/m0./s1. The zero-order valence-corrected chi connectivity index (χ0v) is 16.1. The number of ether oxygens (including phenoxy) is 2. The first-order valence-electron chi connectivity index (χ1n) is 9.85. The first-order chi connectivity index (χ1) is 13.9. The van der Waals surface area contributed by atoms with E-state index in [0.717, 1.165) is 11.6 Å². The van der Waals surface area contributed by atoms with Crippen molar-refractivity contribution in [3.8, 4) is 5.75 Å². The van der Waals surface area contributed by atoms with Crippen molar-refractivity contribution >= 4 is 16.9 Å². The molecule has 1 aliphatic heterocycles. The molecule has 1 aliphatic carbocycles. The zero-order chi connectivity index (χ0) is 21.0. The molecule has 9 heteroatoms. The van der Waals surface area contributed by atoms with Gasteiger partial charge in [0.15, 0.2) is 0 Å². The Hall–Kier alpha value is -2.17. The van der Waals surface area contributed by atoms with E-state index in [0.29, 0.717) is 11.1 Å². The Kier molecular flexibility index (Phi) is 7.09. The van der Waals surface area contributed by atoms with Crippen LogP contribution < -0.4 is 15.6 Å². The second-order valence-corrected chi connectivity index (χ2v) is 7.54. The number of aliphatic hydroxyl groups is 3. The Morgan fingerprint density at radius 1 is 1.10 bits per heavy atom. The van der Waals surface area contributed by atoms with Crippen molar-refractivity contribution in [3.63, 3.8) is 0 Å². The van der Waals surface area contributed by atoms with Crippen molar-refractivity contribution in [2.24, 2.45) is 0 Å². The highest BCUT2D eigenvalue weighted by molar-refractivity contribution is 5.85. The minimum Gasteiger partial charge on any atom is -0.547 e. The number of hydrogen-bond acceptors (Lipinski definition) is 7. The van der Waals surface area contributed by atoms with Crippen molar-refractivity contribution < 1.29 is 40.4 Å². The van der Waals surface area contributed by atoms with Crippen LogP contribution in [-0.2, 0) is 9.53 Å². The minimum absolute atomic E-state index is 0.320. The second kappa shape index (κ2) is 9.55. The number of rotatable bonds is 3. The van der Waals surface area contributed by atoms with Crippen LogP contribution in [-0.4, -0.2) is 63.0 Å². The topological polar surface area (TPSA) is 163 Å². The number of para-hydroxylation sites is 1. The highest BCUT2D eigenvalue weighted by Crippen LogP contribution is 2.29. The van der Waals surface area contributed by atoms with Crippen molar-refractivity contribution in [1.82, 2.24) is 4.98 Å². The van der Waals surface area contributed by atoms with Crippen LogP contribution in [0.4, 0.5) is 0 Å². The highest BCUT2D eigenvalue weighted by Gasteiger charge is 2.45. The van der Waals surface area contributed by atoms with Crippen molar-refractivity contribution in [2.45, 2.75) is 68.9 Å². The number of H-pyrrole nitrogens is 1. The lowest BCUT2D eigenvalue weighted by Gasteiger charge is -2.40. The molecule has 29 heavy (non-hydrogen) atoms. The Bertz CT molecular complexity index is 805. The molecule has 5 atom stereocenters. The molecule has 1 saturated carbocycles. The molecule has 1 saturated heterocycles. The number of aromatic nitrogens is 1. The summed E-state index contributed by atoms with van der Waals surface area (Å²) in [4.78, 5) is 13.9. The number of aromatic amines is 1. The van der Waals surface area contributed by atoms with E-state index in [4.69, 9.17) is 9.47 Å². The van der Waals surface area contributed by atoms with Gasteiger partial charge in [-0.05, 0) is 37.8 Å². The van der Waals surface area contributed by atoms with Crippen LogP contribution in [0.15, 0.2) is 30.5 Å².